The molecule has 0 spiro atoms. The van der Waals surface area contributed by atoms with Crippen LogP contribution in [0, 0.1) is 12.8 Å². The quantitative estimate of drug-likeness (QED) is 0.334. The minimum atomic E-state index is -2.92. The number of carbonyl (C=O) groups is 1. The van der Waals surface area contributed by atoms with Crippen LogP contribution in [0.2, 0.25) is 0 Å². The molecule has 0 saturated heterocycles. The maximum atomic E-state index is 13.6. The van der Waals surface area contributed by atoms with Crippen molar-refractivity contribution in [3.8, 4) is 0 Å². The second kappa shape index (κ2) is 13.0. The molecule has 6 heteroatoms. The van der Waals surface area contributed by atoms with Gasteiger partial charge in [-0.3, -0.25) is 0 Å². The molecular formula is C29H32Cl2HfNOSi. The second-order valence-corrected chi connectivity index (χ2v) is 28.0. The Morgan fingerprint density at radius 1 is 0.771 bits per heavy atom. The van der Waals surface area contributed by atoms with Gasteiger partial charge in [-0.2, -0.15) is 0 Å². The molecule has 0 radical (unpaired) electrons. The van der Waals surface area contributed by atoms with E-state index in [9.17, 15) is 4.79 Å². The Balaban J connectivity index is 0.00000216. The molecule has 181 valence electrons. The molecule has 0 aliphatic heterocycles. The van der Waals surface area contributed by atoms with Gasteiger partial charge >= 0.3 is 208 Å². The third-order valence-electron chi connectivity index (χ3n) is 7.01. The number of hydrogen-bond donors (Lipinski definition) is 1. The normalized spacial score (nSPS) is 15.0. The Hall–Kier alpha value is -1.72. The van der Waals surface area contributed by atoms with E-state index in [1.54, 1.807) is 3.33 Å². The van der Waals surface area contributed by atoms with E-state index in [1.807, 2.05) is 31.2 Å². The fraction of sp³-hybridized carbons (Fsp3) is 0.207. The maximum Gasteiger partial charge on any atom is -1.00 e. The molecular weight excluding hydrogens is 656 g/mol. The van der Waals surface area contributed by atoms with E-state index in [1.165, 1.54) is 27.1 Å². The molecule has 0 bridgehead atoms. The van der Waals surface area contributed by atoms with Gasteiger partial charge in [0.15, 0.2) is 0 Å². The predicted molar refractivity (Wildman–Crippen MR) is 138 cm³/mol. The topological polar surface area (TPSA) is 29.1 Å². The van der Waals surface area contributed by atoms with Crippen molar-refractivity contribution in [2.24, 2.45) is 5.92 Å². The van der Waals surface area contributed by atoms with E-state index in [2.05, 4.69) is 91.7 Å². The summed E-state index contributed by atoms with van der Waals surface area (Å²) in [5, 5.41) is 2.87. The fourth-order valence-electron chi connectivity index (χ4n) is 4.89. The Morgan fingerprint density at radius 2 is 1.31 bits per heavy atom. The fourth-order valence-corrected chi connectivity index (χ4v) is 35.2. The van der Waals surface area contributed by atoms with Gasteiger partial charge in [-0.05, 0) is 0 Å². The molecule has 0 aromatic heterocycles. The van der Waals surface area contributed by atoms with Gasteiger partial charge in [-0.1, -0.05) is 0 Å². The van der Waals surface area contributed by atoms with Crippen molar-refractivity contribution in [1.29, 1.82) is 0 Å². The van der Waals surface area contributed by atoms with Gasteiger partial charge in [0.2, 0.25) is 0 Å². The van der Waals surface area contributed by atoms with Crippen LogP contribution in [-0.4, -0.2) is 11.9 Å². The van der Waals surface area contributed by atoms with E-state index in [4.69, 9.17) is 0 Å². The van der Waals surface area contributed by atoms with Gasteiger partial charge < -0.3 is 24.8 Å². The molecule has 2 nitrogen and oxygen atoms in total. The predicted octanol–water partition coefficient (Wildman–Crippen LogP) is -0.936. The summed E-state index contributed by atoms with van der Waals surface area (Å²) in [4.78, 5) is 13.6. The first-order valence-corrected chi connectivity index (χ1v) is 23.2. The van der Waals surface area contributed by atoms with Crippen LogP contribution < -0.4 is 38.5 Å². The molecule has 3 aromatic rings. The molecule has 1 amide bonds. The Bertz CT molecular complexity index is 1190. The van der Waals surface area contributed by atoms with Crippen molar-refractivity contribution in [1.82, 2.24) is 3.30 Å². The molecule has 1 aliphatic rings. The van der Waals surface area contributed by atoms with Gasteiger partial charge in [0.1, 0.15) is 0 Å². The minimum Gasteiger partial charge on any atom is -1.00 e. The van der Waals surface area contributed by atoms with Crippen LogP contribution in [-0.2, 0) is 20.9 Å². The van der Waals surface area contributed by atoms with E-state index in [-0.39, 0.29) is 30.7 Å². The van der Waals surface area contributed by atoms with E-state index in [0.29, 0.717) is 5.92 Å². The van der Waals surface area contributed by atoms with Crippen LogP contribution in [0.25, 0.3) is 0 Å². The van der Waals surface area contributed by atoms with E-state index < -0.39 is 26.9 Å². The zero-order valence-corrected chi connectivity index (χ0v) is 27.2. The number of aryl methyl sites for hydroxylation is 1. The maximum absolute atomic E-state index is 13.6. The van der Waals surface area contributed by atoms with Gasteiger partial charge in [-0.15, -0.1) is 0 Å². The van der Waals surface area contributed by atoms with Crippen LogP contribution in [0.5, 0.6) is 0 Å². The summed E-state index contributed by atoms with van der Waals surface area (Å²) >= 11 is -2.92. The zero-order valence-electron chi connectivity index (χ0n) is 20.9. The summed E-state index contributed by atoms with van der Waals surface area (Å²) in [5.74, 6) is -1.14. The smallest absolute Gasteiger partial charge is 1.00 e. The van der Waals surface area contributed by atoms with Crippen LogP contribution in [0.3, 0.4) is 0 Å². The summed E-state index contributed by atoms with van der Waals surface area (Å²) in [7, 11) is 0. The van der Waals surface area contributed by atoms with Crippen LogP contribution in [0.4, 0.5) is 0 Å². The number of allylic oxidation sites excluding steroid dienone is 4. The standard InChI is InChI=1S/C12H11Si.C9H13.C8H9NO.2ClH.Hf/c1-3-7-11(8-4-1)13-12-9-5-2-6-10-12;1-6-5-7(2)9(4)8(6)3;1-6-3-2-4-7(5-6)8(9)10;;;/h1-10,13H;6H,1-4H3;2-5H,1H3,(H2,9,10);2*1H;/q;;;;;+3/p-3. The van der Waals surface area contributed by atoms with Gasteiger partial charge in [-0.25, -0.2) is 0 Å². The minimum absolute atomic E-state index is 0. The summed E-state index contributed by atoms with van der Waals surface area (Å²) in [6.07, 6.45) is 0. The summed E-state index contributed by atoms with van der Waals surface area (Å²) in [6.45, 7) is 11.2. The van der Waals surface area contributed by atoms with Gasteiger partial charge in [0.05, 0.1) is 0 Å². The SMILES string of the molecule is CC1=C(C)C(C)[C]([Hf+2]([NH]C(=O)c2cccc(C)c2)[SiH](c2ccccc2)c2ccccc2)=C1C.[Cl-].[Cl-]. The van der Waals surface area contributed by atoms with Crippen molar-refractivity contribution in [2.45, 2.75) is 34.6 Å². The Labute approximate surface area is 231 Å². The summed E-state index contributed by atoms with van der Waals surface area (Å²) < 4.78 is 5.34. The van der Waals surface area contributed by atoms with Gasteiger partial charge in [0.25, 0.3) is 0 Å². The molecule has 1 aliphatic carbocycles. The Kier molecular flexibility index (Phi) is 11.0. The number of rotatable bonds is 6. The molecule has 0 fully saturated rings. The van der Waals surface area contributed by atoms with Crippen molar-refractivity contribution < 1.29 is 50.5 Å². The van der Waals surface area contributed by atoms with Crippen molar-refractivity contribution >= 4 is 22.3 Å². The average molecular weight is 688 g/mol. The molecule has 0 heterocycles. The Morgan fingerprint density at radius 3 is 1.77 bits per heavy atom. The van der Waals surface area contributed by atoms with Crippen LogP contribution in [0.15, 0.2) is 105 Å². The molecule has 1 atom stereocenters. The molecule has 4 rings (SSSR count). The third-order valence-corrected chi connectivity index (χ3v) is 33.6. The number of amides is 1. The molecule has 0 saturated carbocycles. The van der Waals surface area contributed by atoms with Crippen LogP contribution in [0.1, 0.15) is 43.6 Å². The molecule has 35 heavy (non-hydrogen) atoms. The summed E-state index contributed by atoms with van der Waals surface area (Å²) in [5.41, 5.74) is 6.20. The zero-order chi connectivity index (χ0) is 23.5. The summed E-state index contributed by atoms with van der Waals surface area (Å²) in [6, 6.07) is 29.9. The third kappa shape index (κ3) is 6.35. The number of nitrogens with one attached hydrogen (secondary N) is 1. The molecule has 1 N–H and O–H groups in total. The average Bonchev–Trinajstić information content (AvgIpc) is 3.02. The first-order valence-electron chi connectivity index (χ1n) is 11.6. The number of benzene rings is 3. The first-order chi connectivity index (χ1) is 15.9. The first kappa shape index (κ1) is 29.5. The monoisotopic (exact) mass is 688 g/mol. The van der Waals surface area contributed by atoms with Gasteiger partial charge in [0, 0.05) is 0 Å². The van der Waals surface area contributed by atoms with E-state index in [0.717, 1.165) is 11.1 Å². The molecule has 1 unspecified atom stereocenters. The van der Waals surface area contributed by atoms with Crippen LogP contribution >= 0.6 is 0 Å². The number of carbonyl (C=O) groups excluding carboxylic acids is 1. The van der Waals surface area contributed by atoms with E-state index >= 15 is 0 Å². The van der Waals surface area contributed by atoms with Crippen molar-refractivity contribution in [3.63, 3.8) is 0 Å². The number of halogens is 2. The molecule has 3 aromatic carbocycles. The number of hydrogen-bond acceptors (Lipinski definition) is 1. The largest absolute Gasteiger partial charge is 1.00 e. The van der Waals surface area contributed by atoms with Crippen molar-refractivity contribution in [3.05, 3.63) is 116 Å². The van der Waals surface area contributed by atoms with Crippen molar-refractivity contribution in [2.75, 3.05) is 0 Å². The second-order valence-electron chi connectivity index (χ2n) is 9.06.